The van der Waals surface area contributed by atoms with Gasteiger partial charge in [-0.05, 0) is 29.8 Å². The molecule has 0 saturated heterocycles. The highest BCUT2D eigenvalue weighted by molar-refractivity contribution is 7.89. The summed E-state index contributed by atoms with van der Waals surface area (Å²) in [6.07, 6.45) is 1.15. The summed E-state index contributed by atoms with van der Waals surface area (Å²) in [5.41, 5.74) is 1.45. The molecule has 0 saturated carbocycles. The van der Waals surface area contributed by atoms with E-state index in [2.05, 4.69) is 5.32 Å². The molecule has 0 atom stereocenters. The minimum absolute atomic E-state index is 0.0858. The van der Waals surface area contributed by atoms with Gasteiger partial charge in [0.05, 0.1) is 23.0 Å². The number of anilines is 1. The van der Waals surface area contributed by atoms with E-state index in [-0.39, 0.29) is 24.1 Å². The number of carbonyl (C=O) groups excluding carboxylic acids is 2. The van der Waals surface area contributed by atoms with Crippen molar-refractivity contribution in [1.29, 1.82) is 0 Å². The molecule has 6 nitrogen and oxygen atoms in total. The van der Waals surface area contributed by atoms with Crippen LogP contribution in [0.25, 0.3) is 0 Å². The number of nitrogens with zero attached hydrogens (tertiary/aromatic N) is 1. The highest BCUT2D eigenvalue weighted by Crippen LogP contribution is 2.20. The van der Waals surface area contributed by atoms with E-state index in [1.54, 1.807) is 48.5 Å². The predicted molar refractivity (Wildman–Crippen MR) is 102 cm³/mol. The van der Waals surface area contributed by atoms with Gasteiger partial charge < -0.3 is 10.2 Å². The fourth-order valence-corrected chi connectivity index (χ4v) is 3.29. The van der Waals surface area contributed by atoms with Crippen LogP contribution in [0.5, 0.6) is 0 Å². The summed E-state index contributed by atoms with van der Waals surface area (Å²) in [6.45, 7) is -0.144. The number of benzene rings is 2. The summed E-state index contributed by atoms with van der Waals surface area (Å²) in [4.78, 5) is 25.8. The lowest BCUT2D eigenvalue weighted by atomic mass is 10.1. The standard InChI is InChI=1S/C18H19ClN2O4S/c1-21(11-17(22)20-16-6-4-3-5-15(16)19)18(23)14-9-7-13(8-10-14)12-26(2,24)25/h3-10H,11-12H2,1-2H3,(H,20,22). The van der Waals surface area contributed by atoms with Crippen LogP contribution < -0.4 is 5.32 Å². The molecule has 0 heterocycles. The van der Waals surface area contributed by atoms with Crippen LogP contribution >= 0.6 is 11.6 Å². The number of carbonyl (C=O) groups is 2. The summed E-state index contributed by atoms with van der Waals surface area (Å²) in [6, 6.07) is 13.1. The number of nitrogens with one attached hydrogen (secondary N) is 1. The lowest BCUT2D eigenvalue weighted by Gasteiger charge is -2.17. The second-order valence-electron chi connectivity index (χ2n) is 5.96. The van der Waals surface area contributed by atoms with Gasteiger partial charge in [-0.25, -0.2) is 8.42 Å². The van der Waals surface area contributed by atoms with Crippen molar-refractivity contribution in [2.24, 2.45) is 0 Å². The van der Waals surface area contributed by atoms with Crippen molar-refractivity contribution in [1.82, 2.24) is 4.90 Å². The van der Waals surface area contributed by atoms with E-state index in [1.165, 1.54) is 11.9 Å². The minimum atomic E-state index is -3.13. The SMILES string of the molecule is CN(CC(=O)Nc1ccccc1Cl)C(=O)c1ccc(CS(C)(=O)=O)cc1. The van der Waals surface area contributed by atoms with Crippen LogP contribution in [0.3, 0.4) is 0 Å². The van der Waals surface area contributed by atoms with Gasteiger partial charge >= 0.3 is 0 Å². The highest BCUT2D eigenvalue weighted by Gasteiger charge is 2.16. The van der Waals surface area contributed by atoms with Crippen molar-refractivity contribution >= 4 is 38.9 Å². The maximum atomic E-state index is 12.4. The molecular weight excluding hydrogens is 376 g/mol. The molecule has 0 aliphatic heterocycles. The molecular formula is C18H19ClN2O4S. The Morgan fingerprint density at radius 2 is 1.69 bits per heavy atom. The van der Waals surface area contributed by atoms with Crippen molar-refractivity contribution in [3.63, 3.8) is 0 Å². The molecule has 2 aromatic carbocycles. The first kappa shape index (κ1) is 19.9. The molecule has 0 bridgehead atoms. The minimum Gasteiger partial charge on any atom is -0.332 e. The van der Waals surface area contributed by atoms with Crippen LogP contribution in [-0.2, 0) is 20.4 Å². The third kappa shape index (κ3) is 5.86. The zero-order valence-corrected chi connectivity index (χ0v) is 16.0. The molecule has 0 unspecified atom stereocenters. The van der Waals surface area contributed by atoms with Gasteiger partial charge in [-0.1, -0.05) is 35.9 Å². The van der Waals surface area contributed by atoms with Crippen LogP contribution in [0.15, 0.2) is 48.5 Å². The number of amides is 2. The number of hydrogen-bond acceptors (Lipinski definition) is 4. The molecule has 138 valence electrons. The number of sulfone groups is 1. The van der Waals surface area contributed by atoms with Gasteiger partial charge in [-0.2, -0.15) is 0 Å². The van der Waals surface area contributed by atoms with Crippen molar-refractivity contribution < 1.29 is 18.0 Å². The topological polar surface area (TPSA) is 83.6 Å². The quantitative estimate of drug-likeness (QED) is 0.816. The van der Waals surface area contributed by atoms with Crippen LogP contribution in [-0.4, -0.2) is 45.0 Å². The first-order chi connectivity index (χ1) is 12.2. The molecule has 0 aromatic heterocycles. The van der Waals surface area contributed by atoms with Crippen LogP contribution in [0.2, 0.25) is 5.02 Å². The Labute approximate surface area is 157 Å². The summed E-state index contributed by atoms with van der Waals surface area (Å²) in [5.74, 6) is -0.801. The molecule has 0 spiro atoms. The van der Waals surface area contributed by atoms with Gasteiger partial charge in [-0.15, -0.1) is 0 Å². The van der Waals surface area contributed by atoms with Gasteiger partial charge in [0.15, 0.2) is 9.84 Å². The largest absolute Gasteiger partial charge is 0.332 e. The van der Waals surface area contributed by atoms with Crippen LogP contribution in [0.4, 0.5) is 5.69 Å². The zero-order valence-electron chi connectivity index (χ0n) is 14.4. The average Bonchev–Trinajstić information content (AvgIpc) is 2.55. The Bertz CT molecular complexity index is 911. The van der Waals surface area contributed by atoms with Crippen molar-refractivity contribution in [3.8, 4) is 0 Å². The molecule has 2 amide bonds. The Balaban J connectivity index is 1.98. The number of halogens is 1. The molecule has 26 heavy (non-hydrogen) atoms. The molecule has 2 aromatic rings. The second kappa shape index (κ2) is 8.33. The van der Waals surface area contributed by atoms with E-state index in [1.807, 2.05) is 0 Å². The molecule has 2 rings (SSSR count). The summed E-state index contributed by atoms with van der Waals surface area (Å²) >= 11 is 5.99. The first-order valence-electron chi connectivity index (χ1n) is 7.72. The lowest BCUT2D eigenvalue weighted by molar-refractivity contribution is -0.116. The molecule has 0 radical (unpaired) electrons. The molecule has 0 aliphatic rings. The lowest BCUT2D eigenvalue weighted by Crippen LogP contribution is -2.35. The summed E-state index contributed by atoms with van der Waals surface area (Å²) in [5, 5.41) is 3.06. The van der Waals surface area contributed by atoms with Crippen molar-refractivity contribution in [2.45, 2.75) is 5.75 Å². The van der Waals surface area contributed by atoms with Crippen molar-refractivity contribution in [3.05, 3.63) is 64.7 Å². The van der Waals surface area contributed by atoms with Gasteiger partial charge in [0.1, 0.15) is 0 Å². The normalized spacial score (nSPS) is 11.0. The molecule has 0 aliphatic carbocycles. The fourth-order valence-electron chi connectivity index (χ4n) is 2.31. The van der Waals surface area contributed by atoms with Gasteiger partial charge in [0.2, 0.25) is 5.91 Å². The number of para-hydroxylation sites is 1. The van der Waals surface area contributed by atoms with E-state index in [9.17, 15) is 18.0 Å². The number of hydrogen-bond donors (Lipinski definition) is 1. The molecule has 1 N–H and O–H groups in total. The Hall–Kier alpha value is -2.38. The van der Waals surface area contributed by atoms with Crippen molar-refractivity contribution in [2.75, 3.05) is 25.2 Å². The Morgan fingerprint density at radius 1 is 1.08 bits per heavy atom. The number of rotatable bonds is 6. The van der Waals surface area contributed by atoms with E-state index < -0.39 is 9.84 Å². The third-order valence-electron chi connectivity index (χ3n) is 3.51. The summed E-state index contributed by atoms with van der Waals surface area (Å²) < 4.78 is 22.6. The number of likely N-dealkylation sites (N-methyl/N-ethyl adjacent to an activating group) is 1. The van der Waals surface area contributed by atoms with Gasteiger partial charge in [-0.3, -0.25) is 9.59 Å². The zero-order chi connectivity index (χ0) is 19.3. The predicted octanol–water partition coefficient (Wildman–Crippen LogP) is 2.60. The monoisotopic (exact) mass is 394 g/mol. The van der Waals surface area contributed by atoms with E-state index in [0.29, 0.717) is 21.8 Å². The summed E-state index contributed by atoms with van der Waals surface area (Å²) in [7, 11) is -1.62. The maximum absolute atomic E-state index is 12.4. The van der Waals surface area contributed by atoms with Crippen LogP contribution in [0, 0.1) is 0 Å². The van der Waals surface area contributed by atoms with Gasteiger partial charge in [0.25, 0.3) is 5.91 Å². The van der Waals surface area contributed by atoms with Crippen LogP contribution in [0.1, 0.15) is 15.9 Å². The van der Waals surface area contributed by atoms with Gasteiger partial charge in [0, 0.05) is 18.9 Å². The van der Waals surface area contributed by atoms with E-state index in [0.717, 1.165) is 6.26 Å². The van der Waals surface area contributed by atoms with E-state index in [4.69, 9.17) is 11.6 Å². The second-order valence-corrected chi connectivity index (χ2v) is 8.50. The Kier molecular flexibility index (Phi) is 6.39. The first-order valence-corrected chi connectivity index (χ1v) is 10.2. The Morgan fingerprint density at radius 3 is 2.27 bits per heavy atom. The average molecular weight is 395 g/mol. The highest BCUT2D eigenvalue weighted by atomic mass is 35.5. The maximum Gasteiger partial charge on any atom is 0.254 e. The molecule has 0 fully saturated rings. The molecule has 8 heteroatoms. The van der Waals surface area contributed by atoms with E-state index >= 15 is 0 Å². The third-order valence-corrected chi connectivity index (χ3v) is 4.69. The smallest absolute Gasteiger partial charge is 0.254 e. The fraction of sp³-hybridized carbons (Fsp3) is 0.222.